The first kappa shape index (κ1) is 23.3. The lowest BCUT2D eigenvalue weighted by molar-refractivity contribution is -0.155. The lowest BCUT2D eigenvalue weighted by Crippen LogP contribution is -2.61. The molecule has 0 spiro atoms. The Kier molecular flexibility index (Phi) is 5.02. The minimum absolute atomic E-state index is 0.116. The molecule has 5 aliphatic rings. The van der Waals surface area contributed by atoms with Crippen LogP contribution in [0.25, 0.3) is 0 Å². The van der Waals surface area contributed by atoms with Crippen LogP contribution >= 0.6 is 0 Å². The Morgan fingerprint density at radius 1 is 0.757 bits per heavy atom. The maximum atomic E-state index is 14.0. The predicted octanol–water partition coefficient (Wildman–Crippen LogP) is 3.13. The van der Waals surface area contributed by atoms with Gasteiger partial charge in [-0.2, -0.15) is 0 Å². The molecule has 1 saturated carbocycles. The number of carbonyl (C=O) groups is 5. The van der Waals surface area contributed by atoms with Crippen molar-refractivity contribution in [1.29, 1.82) is 0 Å². The van der Waals surface area contributed by atoms with E-state index >= 15 is 0 Å². The van der Waals surface area contributed by atoms with Gasteiger partial charge in [-0.3, -0.25) is 29.0 Å². The number of para-hydroxylation sites is 2. The molecule has 2 aromatic rings. The maximum absolute atomic E-state index is 14.0. The fourth-order valence-corrected chi connectivity index (χ4v) is 7.47. The molecule has 4 amide bonds. The molecule has 2 aliphatic heterocycles. The van der Waals surface area contributed by atoms with Crippen LogP contribution in [0.5, 0.6) is 0 Å². The van der Waals surface area contributed by atoms with Crippen LogP contribution in [0.4, 0.5) is 11.4 Å². The fourth-order valence-electron chi connectivity index (χ4n) is 7.47. The Morgan fingerprint density at radius 2 is 1.19 bits per heavy atom. The highest BCUT2D eigenvalue weighted by atomic mass is 16.5. The average molecular weight is 499 g/mol. The van der Waals surface area contributed by atoms with E-state index in [0.717, 1.165) is 9.80 Å². The molecule has 6 atom stereocenters. The first-order chi connectivity index (χ1) is 17.7. The van der Waals surface area contributed by atoms with E-state index in [1.807, 2.05) is 0 Å². The molecule has 0 aromatic heterocycles. The van der Waals surface area contributed by atoms with Crippen molar-refractivity contribution in [1.82, 2.24) is 0 Å². The van der Waals surface area contributed by atoms with Gasteiger partial charge in [0.2, 0.25) is 23.6 Å². The van der Waals surface area contributed by atoms with Crippen molar-refractivity contribution in [2.75, 3.05) is 16.4 Å². The number of allylic oxidation sites excluding steroid dienone is 1. The average Bonchev–Trinajstić information content (AvgIpc) is 3.31. The third-order valence-electron chi connectivity index (χ3n) is 8.71. The number of hydrogen-bond donors (Lipinski definition) is 0. The van der Waals surface area contributed by atoms with Crippen LogP contribution in [-0.2, 0) is 28.7 Å². The Balaban J connectivity index is 1.56. The smallest absolute Gasteiger partial charge is 0.334 e. The standard InChI is InChI=1S/C29H26N2O6/c1-4-37-28(36)21-15(2)18-19-22(26(34)30(24(19)32)16-11-7-5-8-12-16)29(21,3)23-20(18)25(33)31(27(23)35)17-13-9-6-10-14-17/h5-14,18-20,22-23H,4H2,1-3H3/t18?,19-,20+,22-,23-,29?/m1/s1. The summed E-state index contributed by atoms with van der Waals surface area (Å²) in [6.45, 7) is 5.22. The van der Waals surface area contributed by atoms with Crippen molar-refractivity contribution in [3.8, 4) is 0 Å². The van der Waals surface area contributed by atoms with Gasteiger partial charge in [-0.1, -0.05) is 48.9 Å². The summed E-state index contributed by atoms with van der Waals surface area (Å²) in [5.41, 5.74) is 0.259. The van der Waals surface area contributed by atoms with Crippen LogP contribution < -0.4 is 9.80 Å². The van der Waals surface area contributed by atoms with E-state index < -0.39 is 64.6 Å². The number of carbonyl (C=O) groups excluding carboxylic acids is 5. The van der Waals surface area contributed by atoms with Gasteiger partial charge in [-0.05, 0) is 38.1 Å². The van der Waals surface area contributed by atoms with E-state index in [1.54, 1.807) is 81.4 Å². The van der Waals surface area contributed by atoms with Crippen molar-refractivity contribution in [3.63, 3.8) is 0 Å². The quantitative estimate of drug-likeness (QED) is 0.474. The highest BCUT2D eigenvalue weighted by Crippen LogP contribution is 2.68. The summed E-state index contributed by atoms with van der Waals surface area (Å²) in [5.74, 6) is -6.76. The number of hydrogen-bond acceptors (Lipinski definition) is 6. The van der Waals surface area contributed by atoms with E-state index in [1.165, 1.54) is 0 Å². The van der Waals surface area contributed by atoms with E-state index in [-0.39, 0.29) is 12.2 Å². The minimum Gasteiger partial charge on any atom is -0.463 e. The lowest BCUT2D eigenvalue weighted by Gasteiger charge is -2.55. The van der Waals surface area contributed by atoms with Crippen molar-refractivity contribution in [2.24, 2.45) is 35.0 Å². The SMILES string of the molecule is CCOC(=O)C1=C(C)C2[C@H]3C(=O)N(c4ccccc4)C(=O)[C@@H]3C1(C)[C@H]1C(=O)N(c3ccccc3)C(=O)[C@@H]21. The second-order valence-electron chi connectivity index (χ2n) is 10.3. The molecule has 3 aliphatic carbocycles. The predicted molar refractivity (Wildman–Crippen MR) is 133 cm³/mol. The third kappa shape index (κ3) is 2.81. The molecule has 8 heteroatoms. The molecule has 0 N–H and O–H groups in total. The number of anilines is 2. The minimum atomic E-state index is -1.40. The van der Waals surface area contributed by atoms with Crippen LogP contribution in [-0.4, -0.2) is 36.2 Å². The van der Waals surface area contributed by atoms with Crippen LogP contribution in [0, 0.1) is 35.0 Å². The molecular weight excluding hydrogens is 472 g/mol. The van der Waals surface area contributed by atoms with Gasteiger partial charge in [0.25, 0.3) is 0 Å². The lowest BCUT2D eigenvalue weighted by atomic mass is 9.43. The normalized spacial score (nSPS) is 32.2. The van der Waals surface area contributed by atoms with Crippen molar-refractivity contribution < 1.29 is 28.7 Å². The highest BCUT2D eigenvalue weighted by Gasteiger charge is 2.77. The number of ether oxygens (including phenoxy) is 1. The summed E-state index contributed by atoms with van der Waals surface area (Å²) in [6.07, 6.45) is 0. The molecule has 7 rings (SSSR count). The van der Waals surface area contributed by atoms with Crippen molar-refractivity contribution >= 4 is 41.0 Å². The fraction of sp³-hybridized carbons (Fsp3) is 0.345. The number of benzene rings is 2. The molecule has 188 valence electrons. The Morgan fingerprint density at radius 3 is 1.59 bits per heavy atom. The van der Waals surface area contributed by atoms with Crippen LogP contribution in [0.1, 0.15) is 20.8 Å². The molecule has 8 nitrogen and oxygen atoms in total. The topological polar surface area (TPSA) is 101 Å². The van der Waals surface area contributed by atoms with Crippen molar-refractivity contribution in [3.05, 3.63) is 71.8 Å². The first-order valence-electron chi connectivity index (χ1n) is 12.5. The van der Waals surface area contributed by atoms with Gasteiger partial charge in [-0.25, -0.2) is 4.79 Å². The van der Waals surface area contributed by atoms with Crippen molar-refractivity contribution in [2.45, 2.75) is 20.8 Å². The molecule has 2 aromatic carbocycles. The van der Waals surface area contributed by atoms with Gasteiger partial charge in [-0.15, -0.1) is 0 Å². The summed E-state index contributed by atoms with van der Waals surface area (Å²) >= 11 is 0. The Hall–Kier alpha value is -4.07. The summed E-state index contributed by atoms with van der Waals surface area (Å²) < 4.78 is 5.40. The second kappa shape index (κ2) is 7.96. The molecule has 2 heterocycles. The van der Waals surface area contributed by atoms with Gasteiger partial charge in [0, 0.05) is 16.9 Å². The van der Waals surface area contributed by atoms with Gasteiger partial charge < -0.3 is 4.74 Å². The molecular formula is C29H26N2O6. The van der Waals surface area contributed by atoms with Gasteiger partial charge in [0.1, 0.15) is 0 Å². The largest absolute Gasteiger partial charge is 0.463 e. The monoisotopic (exact) mass is 498 g/mol. The molecule has 3 fully saturated rings. The third-order valence-corrected chi connectivity index (χ3v) is 8.71. The zero-order valence-electron chi connectivity index (χ0n) is 20.7. The molecule has 2 unspecified atom stereocenters. The van der Waals surface area contributed by atoms with E-state index in [4.69, 9.17) is 4.74 Å². The second-order valence-corrected chi connectivity index (χ2v) is 10.3. The zero-order valence-corrected chi connectivity index (χ0v) is 20.7. The summed E-state index contributed by atoms with van der Waals surface area (Å²) in [7, 11) is 0. The van der Waals surface area contributed by atoms with Crippen LogP contribution in [0.15, 0.2) is 71.8 Å². The van der Waals surface area contributed by atoms with Crippen LogP contribution in [0.3, 0.4) is 0 Å². The van der Waals surface area contributed by atoms with E-state index in [2.05, 4.69) is 0 Å². The number of amides is 4. The first-order valence-corrected chi connectivity index (χ1v) is 12.5. The number of nitrogens with zero attached hydrogens (tertiary/aromatic N) is 2. The number of esters is 1. The molecule has 2 saturated heterocycles. The van der Waals surface area contributed by atoms with Gasteiger partial charge in [0.15, 0.2) is 0 Å². The highest BCUT2D eigenvalue weighted by molar-refractivity contribution is 6.27. The molecule has 0 radical (unpaired) electrons. The number of imide groups is 2. The Bertz CT molecular complexity index is 1310. The summed E-state index contributed by atoms with van der Waals surface area (Å²) in [5, 5.41) is 0. The van der Waals surface area contributed by atoms with Crippen LogP contribution in [0.2, 0.25) is 0 Å². The zero-order chi connectivity index (χ0) is 26.2. The van der Waals surface area contributed by atoms with Gasteiger partial charge >= 0.3 is 5.97 Å². The summed E-state index contributed by atoms with van der Waals surface area (Å²) in [4.78, 5) is 71.6. The van der Waals surface area contributed by atoms with E-state index in [9.17, 15) is 24.0 Å². The summed E-state index contributed by atoms with van der Waals surface area (Å²) in [6, 6.07) is 17.2. The van der Waals surface area contributed by atoms with E-state index in [0.29, 0.717) is 16.9 Å². The Labute approximate surface area is 213 Å². The van der Waals surface area contributed by atoms with Gasteiger partial charge in [0.05, 0.1) is 41.7 Å². The molecule has 37 heavy (non-hydrogen) atoms. The molecule has 2 bridgehead atoms. The number of rotatable bonds is 4. The maximum Gasteiger partial charge on any atom is 0.334 e.